The first kappa shape index (κ1) is 17.6. The molecule has 3 unspecified atom stereocenters. The fourth-order valence-electron chi connectivity index (χ4n) is 1.70. The first-order valence-electron chi connectivity index (χ1n) is 6.51. The van der Waals surface area contributed by atoms with Crippen molar-refractivity contribution in [1.29, 1.82) is 0 Å². The zero-order chi connectivity index (χ0) is 15.0. The van der Waals surface area contributed by atoms with Crippen molar-refractivity contribution in [2.75, 3.05) is 25.2 Å². The lowest BCUT2D eigenvalue weighted by Gasteiger charge is -2.16. The van der Waals surface area contributed by atoms with Gasteiger partial charge in [0.2, 0.25) is 0 Å². The SMILES string of the molecule is CC(CS(C)=O)NCC(O)COCc1ccc(Cl)cc1. The molecule has 0 aliphatic heterocycles. The van der Waals surface area contributed by atoms with Crippen LogP contribution >= 0.6 is 11.6 Å². The van der Waals surface area contributed by atoms with Gasteiger partial charge in [0, 0.05) is 40.4 Å². The van der Waals surface area contributed by atoms with Crippen LogP contribution in [0.2, 0.25) is 5.02 Å². The van der Waals surface area contributed by atoms with Crippen LogP contribution in [0.5, 0.6) is 0 Å². The van der Waals surface area contributed by atoms with Crippen molar-refractivity contribution in [3.8, 4) is 0 Å². The normalized spacial score (nSPS) is 15.8. The van der Waals surface area contributed by atoms with Gasteiger partial charge >= 0.3 is 0 Å². The highest BCUT2D eigenvalue weighted by molar-refractivity contribution is 7.84. The van der Waals surface area contributed by atoms with Gasteiger partial charge in [-0.25, -0.2) is 0 Å². The third kappa shape index (κ3) is 7.97. The Kier molecular flexibility index (Phi) is 8.33. The summed E-state index contributed by atoms with van der Waals surface area (Å²) in [6.45, 7) is 3.09. The second-order valence-corrected chi connectivity index (χ2v) is 6.76. The fourth-order valence-corrected chi connectivity index (χ4v) is 2.65. The first-order chi connectivity index (χ1) is 9.47. The molecule has 1 aromatic carbocycles. The van der Waals surface area contributed by atoms with Crippen LogP contribution in [-0.4, -0.2) is 46.6 Å². The Labute approximate surface area is 127 Å². The minimum atomic E-state index is -0.829. The summed E-state index contributed by atoms with van der Waals surface area (Å²) in [6, 6.07) is 7.53. The third-order valence-corrected chi connectivity index (χ3v) is 3.90. The Morgan fingerprint density at radius 2 is 2.05 bits per heavy atom. The van der Waals surface area contributed by atoms with Crippen molar-refractivity contribution in [2.24, 2.45) is 0 Å². The number of hydrogen-bond donors (Lipinski definition) is 2. The monoisotopic (exact) mass is 319 g/mol. The highest BCUT2D eigenvalue weighted by Gasteiger charge is 2.08. The van der Waals surface area contributed by atoms with Crippen molar-refractivity contribution < 1.29 is 14.1 Å². The molecule has 3 atom stereocenters. The van der Waals surface area contributed by atoms with Gasteiger partial charge in [-0.2, -0.15) is 0 Å². The molecule has 0 heterocycles. The largest absolute Gasteiger partial charge is 0.389 e. The molecule has 0 aliphatic carbocycles. The Bertz CT molecular complexity index is 413. The number of benzene rings is 1. The average Bonchev–Trinajstić information content (AvgIpc) is 2.38. The van der Waals surface area contributed by atoms with Gasteiger partial charge in [-0.15, -0.1) is 0 Å². The Hall–Kier alpha value is -0.460. The molecule has 114 valence electrons. The third-order valence-electron chi connectivity index (χ3n) is 2.68. The molecule has 6 heteroatoms. The number of halogens is 1. The van der Waals surface area contributed by atoms with E-state index in [-0.39, 0.29) is 12.6 Å². The summed E-state index contributed by atoms with van der Waals surface area (Å²) < 4.78 is 16.5. The first-order valence-corrected chi connectivity index (χ1v) is 8.61. The van der Waals surface area contributed by atoms with Gasteiger partial charge in [-0.3, -0.25) is 4.21 Å². The molecule has 0 spiro atoms. The summed E-state index contributed by atoms with van der Waals surface area (Å²) in [5, 5.41) is 13.6. The minimum Gasteiger partial charge on any atom is -0.389 e. The van der Waals surface area contributed by atoms with Gasteiger partial charge in [-0.1, -0.05) is 23.7 Å². The molecule has 1 aromatic rings. The smallest absolute Gasteiger partial charge is 0.0897 e. The molecule has 20 heavy (non-hydrogen) atoms. The van der Waals surface area contributed by atoms with Crippen LogP contribution in [0.4, 0.5) is 0 Å². The molecule has 1 rings (SSSR count). The summed E-state index contributed by atoms with van der Waals surface area (Å²) in [5.74, 6) is 0.582. The molecule has 0 bridgehead atoms. The van der Waals surface area contributed by atoms with E-state index in [2.05, 4.69) is 5.32 Å². The Balaban J connectivity index is 2.15. The van der Waals surface area contributed by atoms with Crippen molar-refractivity contribution in [1.82, 2.24) is 5.32 Å². The molecule has 0 radical (unpaired) electrons. The standard InChI is InChI=1S/C14H22ClNO3S/c1-11(10-20(2)18)16-7-14(17)9-19-8-12-3-5-13(15)6-4-12/h3-6,11,14,16-17H,7-10H2,1-2H3. The van der Waals surface area contributed by atoms with Crippen molar-refractivity contribution >= 4 is 22.4 Å². The van der Waals surface area contributed by atoms with Gasteiger partial charge in [0.05, 0.1) is 19.3 Å². The fraction of sp³-hybridized carbons (Fsp3) is 0.571. The second-order valence-electron chi connectivity index (χ2n) is 4.84. The summed E-state index contributed by atoms with van der Waals surface area (Å²) in [6.07, 6.45) is 1.10. The molecular weight excluding hydrogens is 298 g/mol. The molecule has 0 amide bonds. The van der Waals surface area contributed by atoms with Crippen LogP contribution in [0.1, 0.15) is 12.5 Å². The highest BCUT2D eigenvalue weighted by Crippen LogP contribution is 2.10. The van der Waals surface area contributed by atoms with E-state index < -0.39 is 16.9 Å². The second kappa shape index (κ2) is 9.47. The number of ether oxygens (including phenoxy) is 1. The van der Waals surface area contributed by atoms with Crippen molar-refractivity contribution in [3.05, 3.63) is 34.9 Å². The molecule has 0 aliphatic rings. The summed E-state index contributed by atoms with van der Waals surface area (Å²) in [4.78, 5) is 0. The van der Waals surface area contributed by atoms with E-state index in [1.807, 2.05) is 31.2 Å². The highest BCUT2D eigenvalue weighted by atomic mass is 35.5. The summed E-state index contributed by atoms with van der Waals surface area (Å²) in [5.41, 5.74) is 1.02. The maximum absolute atomic E-state index is 11.0. The maximum Gasteiger partial charge on any atom is 0.0897 e. The van der Waals surface area contributed by atoms with Gasteiger partial charge in [0.15, 0.2) is 0 Å². The van der Waals surface area contributed by atoms with Crippen LogP contribution in [0.15, 0.2) is 24.3 Å². The predicted octanol–water partition coefficient (Wildman–Crippen LogP) is 1.57. The average molecular weight is 320 g/mol. The number of aliphatic hydroxyl groups is 1. The topological polar surface area (TPSA) is 58.6 Å². The van der Waals surface area contributed by atoms with Gasteiger partial charge < -0.3 is 15.2 Å². The zero-order valence-electron chi connectivity index (χ0n) is 11.8. The Morgan fingerprint density at radius 3 is 2.65 bits per heavy atom. The van der Waals surface area contributed by atoms with Crippen LogP contribution in [0.25, 0.3) is 0 Å². The quantitative estimate of drug-likeness (QED) is 0.725. The zero-order valence-corrected chi connectivity index (χ0v) is 13.4. The summed E-state index contributed by atoms with van der Waals surface area (Å²) >= 11 is 5.79. The number of nitrogens with one attached hydrogen (secondary N) is 1. The lowest BCUT2D eigenvalue weighted by molar-refractivity contribution is 0.0281. The van der Waals surface area contributed by atoms with Crippen LogP contribution < -0.4 is 5.32 Å². The molecule has 4 nitrogen and oxygen atoms in total. The van der Waals surface area contributed by atoms with Gasteiger partial charge in [-0.05, 0) is 24.6 Å². The molecule has 2 N–H and O–H groups in total. The van der Waals surface area contributed by atoms with E-state index in [1.54, 1.807) is 6.26 Å². The van der Waals surface area contributed by atoms with E-state index in [4.69, 9.17) is 16.3 Å². The molecule has 0 fully saturated rings. The van der Waals surface area contributed by atoms with Crippen LogP contribution in [0, 0.1) is 0 Å². The van der Waals surface area contributed by atoms with Gasteiger partial charge in [0.25, 0.3) is 0 Å². The maximum atomic E-state index is 11.0. The van der Waals surface area contributed by atoms with E-state index in [1.165, 1.54) is 0 Å². The molecule has 0 aromatic heterocycles. The van der Waals surface area contributed by atoms with E-state index in [9.17, 15) is 9.32 Å². The molecule has 0 saturated heterocycles. The molecular formula is C14H22ClNO3S. The van der Waals surface area contributed by atoms with Gasteiger partial charge in [0.1, 0.15) is 0 Å². The molecule has 0 saturated carbocycles. The van der Waals surface area contributed by atoms with Crippen LogP contribution in [0.3, 0.4) is 0 Å². The number of hydrogen-bond acceptors (Lipinski definition) is 4. The van der Waals surface area contributed by atoms with Crippen LogP contribution in [-0.2, 0) is 22.1 Å². The summed E-state index contributed by atoms with van der Waals surface area (Å²) in [7, 11) is -0.829. The van der Waals surface area contributed by atoms with E-state index in [0.29, 0.717) is 23.9 Å². The van der Waals surface area contributed by atoms with Crippen molar-refractivity contribution in [2.45, 2.75) is 25.7 Å². The van der Waals surface area contributed by atoms with E-state index in [0.717, 1.165) is 5.56 Å². The van der Waals surface area contributed by atoms with Crippen molar-refractivity contribution in [3.63, 3.8) is 0 Å². The number of rotatable bonds is 9. The number of aliphatic hydroxyl groups excluding tert-OH is 1. The minimum absolute atomic E-state index is 0.117. The van der Waals surface area contributed by atoms with E-state index >= 15 is 0 Å². The lowest BCUT2D eigenvalue weighted by Crippen LogP contribution is -2.38. The lowest BCUT2D eigenvalue weighted by atomic mass is 10.2. The Morgan fingerprint density at radius 1 is 1.40 bits per heavy atom. The predicted molar refractivity (Wildman–Crippen MR) is 83.5 cm³/mol.